The molecule has 0 unspecified atom stereocenters. The fourth-order valence-corrected chi connectivity index (χ4v) is 1.71. The third-order valence-corrected chi connectivity index (χ3v) is 2.59. The predicted molar refractivity (Wildman–Crippen MR) is 75.9 cm³/mol. The third-order valence-electron chi connectivity index (χ3n) is 2.59. The molecule has 1 aromatic carbocycles. The SMILES string of the molecule is CNC(=O)c1ccccc1NCC1=NCCN1.Cl. The van der Waals surface area contributed by atoms with Gasteiger partial charge in [0, 0.05) is 19.3 Å². The van der Waals surface area contributed by atoms with Crippen molar-refractivity contribution < 1.29 is 4.79 Å². The highest BCUT2D eigenvalue weighted by atomic mass is 35.5. The number of hydrogen-bond donors (Lipinski definition) is 3. The lowest BCUT2D eigenvalue weighted by atomic mass is 10.1. The Morgan fingerprint density at radius 2 is 2.22 bits per heavy atom. The zero-order valence-electron chi connectivity index (χ0n) is 10.2. The van der Waals surface area contributed by atoms with Gasteiger partial charge in [-0.15, -0.1) is 12.4 Å². The monoisotopic (exact) mass is 268 g/mol. The Morgan fingerprint density at radius 3 is 2.89 bits per heavy atom. The molecule has 1 amide bonds. The normalized spacial score (nSPS) is 13.1. The summed E-state index contributed by atoms with van der Waals surface area (Å²) < 4.78 is 0. The number of halogens is 1. The van der Waals surface area contributed by atoms with Crippen LogP contribution in [0.2, 0.25) is 0 Å². The van der Waals surface area contributed by atoms with Crippen molar-refractivity contribution in [2.45, 2.75) is 0 Å². The Bertz CT molecular complexity index is 447. The molecule has 0 saturated heterocycles. The first kappa shape index (κ1) is 14.3. The first-order valence-electron chi connectivity index (χ1n) is 5.63. The Morgan fingerprint density at radius 1 is 1.44 bits per heavy atom. The zero-order valence-corrected chi connectivity index (χ0v) is 11.0. The van der Waals surface area contributed by atoms with Gasteiger partial charge < -0.3 is 16.0 Å². The second-order valence-corrected chi connectivity index (χ2v) is 3.73. The van der Waals surface area contributed by atoms with Crippen molar-refractivity contribution in [2.24, 2.45) is 4.99 Å². The number of amides is 1. The van der Waals surface area contributed by atoms with E-state index in [1.807, 2.05) is 18.2 Å². The predicted octanol–water partition coefficient (Wildman–Crippen LogP) is 0.882. The first-order chi connectivity index (χ1) is 8.31. The number of para-hydroxylation sites is 1. The Kier molecular flexibility index (Phi) is 5.45. The van der Waals surface area contributed by atoms with E-state index in [4.69, 9.17) is 0 Å². The van der Waals surface area contributed by atoms with Gasteiger partial charge in [-0.25, -0.2) is 0 Å². The minimum Gasteiger partial charge on any atom is -0.377 e. The zero-order chi connectivity index (χ0) is 12.1. The van der Waals surface area contributed by atoms with Gasteiger partial charge >= 0.3 is 0 Å². The van der Waals surface area contributed by atoms with Gasteiger partial charge in [0.2, 0.25) is 0 Å². The molecule has 0 fully saturated rings. The van der Waals surface area contributed by atoms with Crippen LogP contribution >= 0.6 is 12.4 Å². The molecule has 0 aromatic heterocycles. The molecule has 0 atom stereocenters. The van der Waals surface area contributed by atoms with Gasteiger partial charge in [-0.2, -0.15) is 0 Å². The summed E-state index contributed by atoms with van der Waals surface area (Å²) >= 11 is 0. The van der Waals surface area contributed by atoms with Gasteiger partial charge in [0.25, 0.3) is 5.91 Å². The van der Waals surface area contributed by atoms with E-state index >= 15 is 0 Å². The van der Waals surface area contributed by atoms with Crippen molar-refractivity contribution >= 4 is 29.8 Å². The molecule has 2 rings (SSSR count). The quantitative estimate of drug-likeness (QED) is 0.760. The lowest BCUT2D eigenvalue weighted by Crippen LogP contribution is -2.27. The number of carbonyl (C=O) groups is 1. The fraction of sp³-hybridized carbons (Fsp3) is 0.333. The van der Waals surface area contributed by atoms with Crippen LogP contribution in [0.1, 0.15) is 10.4 Å². The van der Waals surface area contributed by atoms with Crippen molar-refractivity contribution in [1.29, 1.82) is 0 Å². The highest BCUT2D eigenvalue weighted by molar-refractivity contribution is 6.00. The summed E-state index contributed by atoms with van der Waals surface area (Å²) in [6, 6.07) is 7.44. The first-order valence-corrected chi connectivity index (χ1v) is 5.63. The molecule has 1 aliphatic heterocycles. The largest absolute Gasteiger partial charge is 0.377 e. The second kappa shape index (κ2) is 6.86. The van der Waals surface area contributed by atoms with Crippen LogP contribution in [0.25, 0.3) is 0 Å². The smallest absolute Gasteiger partial charge is 0.253 e. The molecule has 0 spiro atoms. The van der Waals surface area contributed by atoms with Crippen molar-refractivity contribution in [3.8, 4) is 0 Å². The standard InChI is InChI=1S/C12H16N4O.ClH/c1-13-12(17)9-4-2-3-5-10(9)16-8-11-14-6-7-15-11;/h2-5,16H,6-8H2,1H3,(H,13,17)(H,14,15);1H. The van der Waals surface area contributed by atoms with Crippen LogP contribution in [0.4, 0.5) is 5.69 Å². The number of hydrogen-bond acceptors (Lipinski definition) is 4. The minimum absolute atomic E-state index is 0. The Labute approximate surface area is 112 Å². The highest BCUT2D eigenvalue weighted by Gasteiger charge is 2.10. The van der Waals surface area contributed by atoms with Gasteiger partial charge in [-0.3, -0.25) is 9.79 Å². The number of aliphatic imine (C=N–C) groups is 1. The molecular formula is C12H17ClN4O. The van der Waals surface area contributed by atoms with Crippen LogP contribution in [0.15, 0.2) is 29.3 Å². The van der Waals surface area contributed by atoms with E-state index in [-0.39, 0.29) is 18.3 Å². The summed E-state index contributed by atoms with van der Waals surface area (Å²) in [5.41, 5.74) is 1.47. The molecular weight excluding hydrogens is 252 g/mol. The number of nitrogens with zero attached hydrogens (tertiary/aromatic N) is 1. The maximum Gasteiger partial charge on any atom is 0.253 e. The van der Waals surface area contributed by atoms with Crippen molar-refractivity contribution in [3.63, 3.8) is 0 Å². The number of nitrogens with one attached hydrogen (secondary N) is 3. The van der Waals surface area contributed by atoms with Crippen LogP contribution in [-0.4, -0.2) is 38.4 Å². The summed E-state index contributed by atoms with van der Waals surface area (Å²) in [6.07, 6.45) is 0. The molecule has 0 aliphatic carbocycles. The topological polar surface area (TPSA) is 65.5 Å². The summed E-state index contributed by atoms with van der Waals surface area (Å²) in [6.45, 7) is 2.34. The lowest BCUT2D eigenvalue weighted by Gasteiger charge is -2.11. The third kappa shape index (κ3) is 3.37. The molecule has 0 bridgehead atoms. The fourth-order valence-electron chi connectivity index (χ4n) is 1.71. The molecule has 0 radical (unpaired) electrons. The van der Waals surface area contributed by atoms with Gasteiger partial charge in [0.05, 0.1) is 18.7 Å². The van der Waals surface area contributed by atoms with Crippen LogP contribution in [0.5, 0.6) is 0 Å². The number of amidine groups is 1. The molecule has 98 valence electrons. The van der Waals surface area contributed by atoms with Gasteiger partial charge in [0.1, 0.15) is 5.84 Å². The summed E-state index contributed by atoms with van der Waals surface area (Å²) in [4.78, 5) is 15.9. The van der Waals surface area contributed by atoms with Crippen molar-refractivity contribution in [3.05, 3.63) is 29.8 Å². The molecule has 3 N–H and O–H groups in total. The maximum absolute atomic E-state index is 11.6. The van der Waals surface area contributed by atoms with Crippen LogP contribution in [-0.2, 0) is 0 Å². The van der Waals surface area contributed by atoms with Gasteiger partial charge in [0.15, 0.2) is 0 Å². The lowest BCUT2D eigenvalue weighted by molar-refractivity contribution is 0.0964. The van der Waals surface area contributed by atoms with Crippen molar-refractivity contribution in [2.75, 3.05) is 32.0 Å². The van der Waals surface area contributed by atoms with Crippen LogP contribution < -0.4 is 16.0 Å². The highest BCUT2D eigenvalue weighted by Crippen LogP contribution is 2.14. The Balaban J connectivity index is 0.00000162. The van der Waals surface area contributed by atoms with Gasteiger partial charge in [-0.1, -0.05) is 12.1 Å². The number of rotatable bonds is 4. The molecule has 0 saturated carbocycles. The number of anilines is 1. The number of benzene rings is 1. The van der Waals surface area contributed by atoms with E-state index in [0.717, 1.165) is 24.6 Å². The van der Waals surface area contributed by atoms with E-state index in [2.05, 4.69) is 20.9 Å². The summed E-state index contributed by atoms with van der Waals surface area (Å²) in [7, 11) is 1.63. The maximum atomic E-state index is 11.6. The van der Waals surface area contributed by atoms with Crippen molar-refractivity contribution in [1.82, 2.24) is 10.6 Å². The molecule has 5 nitrogen and oxygen atoms in total. The average Bonchev–Trinajstić information content (AvgIpc) is 2.89. The van der Waals surface area contributed by atoms with E-state index in [9.17, 15) is 4.79 Å². The molecule has 1 aliphatic rings. The molecule has 1 heterocycles. The Hall–Kier alpha value is -1.75. The summed E-state index contributed by atoms with van der Waals surface area (Å²) in [5, 5.41) is 9.02. The van der Waals surface area contributed by atoms with E-state index in [1.54, 1.807) is 13.1 Å². The van der Waals surface area contributed by atoms with E-state index < -0.39 is 0 Å². The van der Waals surface area contributed by atoms with Crippen LogP contribution in [0, 0.1) is 0 Å². The molecule has 1 aromatic rings. The average molecular weight is 269 g/mol. The van der Waals surface area contributed by atoms with E-state index in [1.165, 1.54) is 0 Å². The molecule has 18 heavy (non-hydrogen) atoms. The minimum atomic E-state index is -0.0885. The molecule has 6 heteroatoms. The number of carbonyl (C=O) groups excluding carboxylic acids is 1. The van der Waals surface area contributed by atoms with Gasteiger partial charge in [-0.05, 0) is 12.1 Å². The summed E-state index contributed by atoms with van der Waals surface area (Å²) in [5.74, 6) is 0.853. The van der Waals surface area contributed by atoms with Crippen LogP contribution in [0.3, 0.4) is 0 Å². The van der Waals surface area contributed by atoms with E-state index in [0.29, 0.717) is 12.1 Å². The second-order valence-electron chi connectivity index (χ2n) is 3.73.